The topological polar surface area (TPSA) is 58.6 Å². The van der Waals surface area contributed by atoms with Gasteiger partial charge >= 0.3 is 0 Å². The van der Waals surface area contributed by atoms with Gasteiger partial charge in [-0.25, -0.2) is 9.97 Å². The first-order valence-electron chi connectivity index (χ1n) is 9.11. The smallest absolute Gasteiger partial charge is 0.272 e. The van der Waals surface area contributed by atoms with E-state index < -0.39 is 0 Å². The summed E-state index contributed by atoms with van der Waals surface area (Å²) in [6.07, 6.45) is 3.61. The van der Waals surface area contributed by atoms with E-state index in [1.165, 1.54) is 0 Å². The van der Waals surface area contributed by atoms with Crippen molar-refractivity contribution in [2.75, 3.05) is 32.8 Å². The molecule has 0 aromatic carbocycles. The molecule has 0 radical (unpaired) electrons. The molecule has 0 atom stereocenters. The Balaban J connectivity index is 1.37. The van der Waals surface area contributed by atoms with Crippen LogP contribution in [-0.4, -0.2) is 64.1 Å². The summed E-state index contributed by atoms with van der Waals surface area (Å²) in [5, 5.41) is 3.18. The fourth-order valence-corrected chi connectivity index (χ4v) is 4.48. The quantitative estimate of drug-likeness (QED) is 0.828. The average Bonchev–Trinajstić information content (AvgIpc) is 3.15. The van der Waals surface area contributed by atoms with Crippen molar-refractivity contribution in [2.24, 2.45) is 0 Å². The van der Waals surface area contributed by atoms with Gasteiger partial charge in [0.25, 0.3) is 5.91 Å². The molecular weight excluding hydrogens is 348 g/mol. The van der Waals surface area contributed by atoms with Gasteiger partial charge in [-0.3, -0.25) is 9.69 Å². The van der Waals surface area contributed by atoms with Crippen LogP contribution in [0.2, 0.25) is 0 Å². The largest absolute Gasteiger partial charge is 0.372 e. The fourth-order valence-electron chi connectivity index (χ4n) is 3.82. The van der Waals surface area contributed by atoms with E-state index in [-0.39, 0.29) is 11.5 Å². The number of hydrogen-bond donors (Lipinski definition) is 0. The Hall–Kier alpha value is -1.83. The third-order valence-electron chi connectivity index (χ3n) is 5.24. The van der Waals surface area contributed by atoms with Gasteiger partial charge in [0, 0.05) is 43.4 Å². The Morgan fingerprint density at radius 1 is 1.31 bits per heavy atom. The minimum absolute atomic E-state index is 0.0269. The highest BCUT2D eigenvalue weighted by atomic mass is 32.1. The molecule has 138 valence electrons. The van der Waals surface area contributed by atoms with E-state index >= 15 is 0 Å². The van der Waals surface area contributed by atoms with Gasteiger partial charge in [0.2, 0.25) is 0 Å². The van der Waals surface area contributed by atoms with Crippen LogP contribution in [0.4, 0.5) is 0 Å². The molecular formula is C19H24N4O2S. The van der Waals surface area contributed by atoms with E-state index in [2.05, 4.69) is 14.9 Å². The van der Waals surface area contributed by atoms with Crippen molar-refractivity contribution in [3.05, 3.63) is 46.2 Å². The lowest BCUT2D eigenvalue weighted by Crippen LogP contribution is -2.57. The third kappa shape index (κ3) is 3.79. The summed E-state index contributed by atoms with van der Waals surface area (Å²) in [6, 6.07) is 5.60. The number of carbonyl (C=O) groups excluding carboxylic acids is 1. The summed E-state index contributed by atoms with van der Waals surface area (Å²) in [6.45, 7) is 6.85. The Morgan fingerprint density at radius 2 is 2.15 bits per heavy atom. The van der Waals surface area contributed by atoms with Gasteiger partial charge < -0.3 is 9.64 Å². The molecule has 1 spiro atoms. The highest BCUT2D eigenvalue weighted by Crippen LogP contribution is 2.31. The zero-order chi connectivity index (χ0) is 18.0. The first-order chi connectivity index (χ1) is 12.6. The molecule has 2 fully saturated rings. The van der Waals surface area contributed by atoms with E-state index in [0.29, 0.717) is 5.69 Å². The molecule has 4 heterocycles. The predicted molar refractivity (Wildman–Crippen MR) is 100 cm³/mol. The number of aromatic nitrogens is 2. The van der Waals surface area contributed by atoms with Crippen LogP contribution in [0.25, 0.3) is 0 Å². The maximum Gasteiger partial charge on any atom is 0.272 e. The van der Waals surface area contributed by atoms with Gasteiger partial charge in [-0.2, -0.15) is 0 Å². The predicted octanol–water partition coefficient (Wildman–Crippen LogP) is 2.35. The van der Waals surface area contributed by atoms with Crippen molar-refractivity contribution in [1.29, 1.82) is 0 Å². The number of piperidine rings is 1. The molecule has 26 heavy (non-hydrogen) atoms. The minimum Gasteiger partial charge on any atom is -0.372 e. The summed E-state index contributed by atoms with van der Waals surface area (Å²) >= 11 is 1.70. The van der Waals surface area contributed by atoms with Crippen molar-refractivity contribution < 1.29 is 9.53 Å². The van der Waals surface area contributed by atoms with Crippen molar-refractivity contribution in [2.45, 2.75) is 31.9 Å². The molecule has 0 unspecified atom stereocenters. The average molecular weight is 372 g/mol. The van der Waals surface area contributed by atoms with Gasteiger partial charge in [0.1, 0.15) is 10.7 Å². The zero-order valence-corrected chi connectivity index (χ0v) is 15.9. The number of nitrogens with zero attached hydrogens (tertiary/aromatic N) is 4. The summed E-state index contributed by atoms with van der Waals surface area (Å²) in [4.78, 5) is 25.8. The Morgan fingerprint density at radius 3 is 2.88 bits per heavy atom. The molecule has 4 rings (SSSR count). The zero-order valence-electron chi connectivity index (χ0n) is 15.1. The molecule has 2 saturated heterocycles. The lowest BCUT2D eigenvalue weighted by Gasteiger charge is -2.47. The Kier molecular flexibility index (Phi) is 5.02. The van der Waals surface area contributed by atoms with Crippen molar-refractivity contribution in [3.8, 4) is 0 Å². The highest BCUT2D eigenvalue weighted by molar-refractivity contribution is 7.09. The van der Waals surface area contributed by atoms with E-state index in [4.69, 9.17) is 4.74 Å². The molecule has 2 aliphatic rings. The van der Waals surface area contributed by atoms with Gasteiger partial charge in [-0.15, -0.1) is 11.3 Å². The number of carbonyl (C=O) groups is 1. The van der Waals surface area contributed by atoms with Crippen LogP contribution >= 0.6 is 11.3 Å². The Labute approximate surface area is 157 Å². The number of ether oxygens (including phenoxy) is 1. The normalized spacial score (nSPS) is 20.4. The summed E-state index contributed by atoms with van der Waals surface area (Å²) in [5.74, 6) is 0.0269. The molecule has 0 bridgehead atoms. The van der Waals surface area contributed by atoms with Crippen LogP contribution < -0.4 is 0 Å². The molecule has 7 heteroatoms. The second kappa shape index (κ2) is 7.42. The number of rotatable bonds is 3. The van der Waals surface area contributed by atoms with Gasteiger partial charge in [-0.05, 0) is 31.9 Å². The molecule has 2 aliphatic heterocycles. The van der Waals surface area contributed by atoms with E-state index in [1.54, 1.807) is 17.4 Å². The van der Waals surface area contributed by atoms with Gasteiger partial charge in [0.05, 0.1) is 18.8 Å². The van der Waals surface area contributed by atoms with Crippen LogP contribution in [0.5, 0.6) is 0 Å². The van der Waals surface area contributed by atoms with Crippen LogP contribution in [-0.2, 0) is 11.3 Å². The van der Waals surface area contributed by atoms with Crippen LogP contribution in [0.1, 0.15) is 34.0 Å². The number of likely N-dealkylation sites (tertiary alicyclic amines) is 1. The van der Waals surface area contributed by atoms with E-state index in [0.717, 1.165) is 62.9 Å². The molecule has 1 amide bonds. The number of aryl methyl sites for hydroxylation is 1. The van der Waals surface area contributed by atoms with Crippen LogP contribution in [0, 0.1) is 6.92 Å². The van der Waals surface area contributed by atoms with E-state index in [9.17, 15) is 4.79 Å². The number of thiazole rings is 1. The van der Waals surface area contributed by atoms with E-state index in [1.807, 2.05) is 35.5 Å². The monoisotopic (exact) mass is 372 g/mol. The molecule has 0 aliphatic carbocycles. The summed E-state index contributed by atoms with van der Waals surface area (Å²) in [5.41, 5.74) is 1.28. The maximum atomic E-state index is 12.7. The van der Waals surface area contributed by atoms with Crippen LogP contribution in [0.3, 0.4) is 0 Å². The van der Waals surface area contributed by atoms with Crippen LogP contribution in [0.15, 0.2) is 29.8 Å². The summed E-state index contributed by atoms with van der Waals surface area (Å²) < 4.78 is 6.20. The minimum atomic E-state index is -0.133. The molecule has 2 aromatic heterocycles. The number of amides is 1. The maximum absolute atomic E-state index is 12.7. The fraction of sp³-hybridized carbons (Fsp3) is 0.526. The molecule has 2 aromatic rings. The lowest BCUT2D eigenvalue weighted by molar-refractivity contribution is -0.134. The third-order valence-corrected chi connectivity index (χ3v) is 6.00. The standard InChI is InChI=1S/C19H24N4O2S/c1-15-3-2-4-16(21-15)18(24)23-8-5-19(6-9-23)14-22(10-11-25-19)13-17-20-7-12-26-17/h2-4,7,12H,5-6,8-11,13-14H2,1H3. The lowest BCUT2D eigenvalue weighted by atomic mass is 9.89. The molecule has 0 N–H and O–H groups in total. The SMILES string of the molecule is Cc1cccc(C(=O)N2CCC3(CC2)CN(Cc2nccs2)CCO3)n1. The van der Waals surface area contributed by atoms with Gasteiger partial charge in [0.15, 0.2) is 0 Å². The highest BCUT2D eigenvalue weighted by Gasteiger charge is 2.40. The molecule has 6 nitrogen and oxygen atoms in total. The first kappa shape index (κ1) is 17.6. The second-order valence-corrected chi connectivity index (χ2v) is 8.10. The van der Waals surface area contributed by atoms with Gasteiger partial charge in [-0.1, -0.05) is 6.07 Å². The Bertz CT molecular complexity index is 757. The number of morpholine rings is 1. The summed E-state index contributed by atoms with van der Waals surface area (Å²) in [7, 11) is 0. The van der Waals surface area contributed by atoms with Crippen molar-refractivity contribution >= 4 is 17.2 Å². The first-order valence-corrected chi connectivity index (χ1v) is 9.99. The number of pyridine rings is 1. The molecule has 0 saturated carbocycles. The second-order valence-electron chi connectivity index (χ2n) is 7.12. The van der Waals surface area contributed by atoms with Crippen molar-refractivity contribution in [3.63, 3.8) is 0 Å². The number of hydrogen-bond acceptors (Lipinski definition) is 6. The van der Waals surface area contributed by atoms with Crippen molar-refractivity contribution in [1.82, 2.24) is 19.8 Å².